The zero-order chi connectivity index (χ0) is 17.5. The number of rotatable bonds is 6. The quantitative estimate of drug-likeness (QED) is 0.814. The van der Waals surface area contributed by atoms with Gasteiger partial charge in [0, 0.05) is 18.4 Å². The standard InChI is InChI=1S/C19H28N2O3/c1-12(2)15-10-14(11-16(13(3)4)17(15)22)19(23-8-9-24-19)7-6-18(5)20-21-18/h10-13,22H,6-9H2,1-5H3. The first kappa shape index (κ1) is 17.4. The maximum absolute atomic E-state index is 10.6. The Bertz CT molecular complexity index is 611. The molecule has 2 aliphatic rings. The Balaban J connectivity index is 2.00. The van der Waals surface area contributed by atoms with Gasteiger partial charge in [-0.25, -0.2) is 0 Å². The summed E-state index contributed by atoms with van der Waals surface area (Å²) in [6, 6.07) is 4.08. The molecule has 5 nitrogen and oxygen atoms in total. The second kappa shape index (κ2) is 6.12. The molecule has 2 heterocycles. The number of phenols is 1. The average molecular weight is 332 g/mol. The molecule has 0 bridgehead atoms. The molecule has 1 N–H and O–H groups in total. The molecule has 1 aromatic rings. The maximum atomic E-state index is 10.6. The summed E-state index contributed by atoms with van der Waals surface area (Å²) in [4.78, 5) is 0. The third kappa shape index (κ3) is 3.20. The lowest BCUT2D eigenvalue weighted by Gasteiger charge is -2.30. The van der Waals surface area contributed by atoms with Crippen LogP contribution in [0.1, 0.15) is 76.0 Å². The maximum Gasteiger partial charge on any atom is 0.195 e. The summed E-state index contributed by atoms with van der Waals surface area (Å²) >= 11 is 0. The molecule has 0 aromatic heterocycles. The first-order valence-electron chi connectivity index (χ1n) is 8.85. The summed E-state index contributed by atoms with van der Waals surface area (Å²) in [5, 5.41) is 18.8. The molecule has 1 saturated heterocycles. The molecule has 132 valence electrons. The van der Waals surface area contributed by atoms with E-state index in [4.69, 9.17) is 9.47 Å². The van der Waals surface area contributed by atoms with Gasteiger partial charge in [-0.3, -0.25) is 0 Å². The molecule has 0 amide bonds. The van der Waals surface area contributed by atoms with Gasteiger partial charge < -0.3 is 14.6 Å². The molecule has 1 aromatic carbocycles. The Hall–Kier alpha value is -1.46. The number of ether oxygens (including phenoxy) is 2. The number of phenolic OH excluding ortho intramolecular Hbond substituents is 1. The van der Waals surface area contributed by atoms with Crippen molar-refractivity contribution in [3.8, 4) is 5.75 Å². The second-order valence-electron chi connectivity index (χ2n) is 7.68. The third-order valence-electron chi connectivity index (χ3n) is 4.98. The van der Waals surface area contributed by atoms with E-state index >= 15 is 0 Å². The number of aromatic hydroxyl groups is 1. The molecule has 0 atom stereocenters. The molecule has 3 rings (SSSR count). The molecule has 0 saturated carbocycles. The van der Waals surface area contributed by atoms with Crippen LogP contribution in [-0.4, -0.2) is 24.0 Å². The van der Waals surface area contributed by atoms with E-state index in [2.05, 4.69) is 37.9 Å². The van der Waals surface area contributed by atoms with Crippen LogP contribution in [0.25, 0.3) is 0 Å². The van der Waals surface area contributed by atoms with Crippen LogP contribution in [0.2, 0.25) is 0 Å². The monoisotopic (exact) mass is 332 g/mol. The van der Waals surface area contributed by atoms with Crippen molar-refractivity contribution in [2.75, 3.05) is 13.2 Å². The zero-order valence-electron chi connectivity index (χ0n) is 15.3. The van der Waals surface area contributed by atoms with Crippen LogP contribution in [0.4, 0.5) is 0 Å². The largest absolute Gasteiger partial charge is 0.507 e. The van der Waals surface area contributed by atoms with E-state index in [1.165, 1.54) is 0 Å². The molecule has 0 unspecified atom stereocenters. The molecule has 2 aliphatic heterocycles. The van der Waals surface area contributed by atoms with Gasteiger partial charge in [0.05, 0.1) is 13.2 Å². The minimum Gasteiger partial charge on any atom is -0.507 e. The molecular weight excluding hydrogens is 304 g/mol. The minimum atomic E-state index is -0.752. The fourth-order valence-electron chi connectivity index (χ4n) is 3.28. The van der Waals surface area contributed by atoms with Crippen molar-refractivity contribution in [1.29, 1.82) is 0 Å². The Labute approximate surface area is 144 Å². The predicted octanol–water partition coefficient (Wildman–Crippen LogP) is 4.80. The van der Waals surface area contributed by atoms with E-state index in [-0.39, 0.29) is 17.5 Å². The Morgan fingerprint density at radius 3 is 1.92 bits per heavy atom. The van der Waals surface area contributed by atoms with Gasteiger partial charge in [0.1, 0.15) is 5.75 Å². The van der Waals surface area contributed by atoms with Gasteiger partial charge in [-0.15, -0.1) is 0 Å². The van der Waals surface area contributed by atoms with Gasteiger partial charge in [-0.05, 0) is 42.0 Å². The highest BCUT2D eigenvalue weighted by Gasteiger charge is 2.44. The Morgan fingerprint density at radius 2 is 1.50 bits per heavy atom. The fraction of sp³-hybridized carbons (Fsp3) is 0.684. The predicted molar refractivity (Wildman–Crippen MR) is 92.4 cm³/mol. The molecule has 1 fully saturated rings. The molecule has 24 heavy (non-hydrogen) atoms. The second-order valence-corrected chi connectivity index (χ2v) is 7.68. The van der Waals surface area contributed by atoms with E-state index in [1.807, 2.05) is 19.1 Å². The summed E-state index contributed by atoms with van der Waals surface area (Å²) in [5.74, 6) is 0.104. The number of hydrogen-bond donors (Lipinski definition) is 1. The van der Waals surface area contributed by atoms with Gasteiger partial charge in [0.25, 0.3) is 0 Å². The number of benzene rings is 1. The van der Waals surface area contributed by atoms with Crippen molar-refractivity contribution in [3.05, 3.63) is 28.8 Å². The van der Waals surface area contributed by atoms with Crippen LogP contribution < -0.4 is 0 Å². The topological polar surface area (TPSA) is 63.4 Å². The lowest BCUT2D eigenvalue weighted by Crippen LogP contribution is -2.29. The van der Waals surface area contributed by atoms with Crippen molar-refractivity contribution in [3.63, 3.8) is 0 Å². The van der Waals surface area contributed by atoms with E-state index in [0.29, 0.717) is 25.4 Å². The van der Waals surface area contributed by atoms with Crippen molar-refractivity contribution < 1.29 is 14.6 Å². The lowest BCUT2D eigenvalue weighted by atomic mass is 9.87. The molecule has 0 aliphatic carbocycles. The van der Waals surface area contributed by atoms with Crippen LogP contribution in [-0.2, 0) is 15.3 Å². The third-order valence-corrected chi connectivity index (χ3v) is 4.98. The highest BCUT2D eigenvalue weighted by molar-refractivity contribution is 5.48. The normalized spacial score (nSPS) is 21.0. The Morgan fingerprint density at radius 1 is 1.00 bits per heavy atom. The molecule has 5 heteroatoms. The summed E-state index contributed by atoms with van der Waals surface area (Å²) in [5.41, 5.74) is 2.61. The van der Waals surface area contributed by atoms with Gasteiger partial charge in [0.15, 0.2) is 11.4 Å². The smallest absolute Gasteiger partial charge is 0.195 e. The van der Waals surface area contributed by atoms with E-state index in [1.54, 1.807) is 0 Å². The van der Waals surface area contributed by atoms with Crippen molar-refractivity contribution in [1.82, 2.24) is 0 Å². The van der Waals surface area contributed by atoms with Crippen LogP contribution in [0.3, 0.4) is 0 Å². The van der Waals surface area contributed by atoms with Crippen LogP contribution in [0.15, 0.2) is 22.4 Å². The van der Waals surface area contributed by atoms with Crippen molar-refractivity contribution >= 4 is 0 Å². The van der Waals surface area contributed by atoms with Crippen LogP contribution in [0.5, 0.6) is 5.75 Å². The van der Waals surface area contributed by atoms with Crippen LogP contribution >= 0.6 is 0 Å². The summed E-state index contributed by atoms with van der Waals surface area (Å²) < 4.78 is 12.1. The first-order valence-corrected chi connectivity index (χ1v) is 8.85. The molecular formula is C19H28N2O3. The van der Waals surface area contributed by atoms with Crippen LogP contribution in [0, 0.1) is 0 Å². The van der Waals surface area contributed by atoms with E-state index < -0.39 is 5.79 Å². The molecule has 0 spiro atoms. The SMILES string of the molecule is CC(C)c1cc(C2(CCC3(C)N=N3)OCCO2)cc(C(C)C)c1O. The lowest BCUT2D eigenvalue weighted by molar-refractivity contribution is -0.172. The summed E-state index contributed by atoms with van der Waals surface area (Å²) in [7, 11) is 0. The van der Waals surface area contributed by atoms with Gasteiger partial charge >= 0.3 is 0 Å². The summed E-state index contributed by atoms with van der Waals surface area (Å²) in [6.45, 7) is 11.6. The van der Waals surface area contributed by atoms with Crippen molar-refractivity contribution in [2.24, 2.45) is 10.2 Å². The summed E-state index contributed by atoms with van der Waals surface area (Å²) in [6.07, 6.45) is 1.50. The molecule has 0 radical (unpaired) electrons. The minimum absolute atomic E-state index is 0.229. The first-order chi connectivity index (χ1) is 11.3. The van der Waals surface area contributed by atoms with E-state index in [0.717, 1.165) is 23.1 Å². The average Bonchev–Trinajstić information content (AvgIpc) is 3.08. The Kier molecular flexibility index (Phi) is 4.43. The number of nitrogens with zero attached hydrogens (tertiary/aromatic N) is 2. The van der Waals surface area contributed by atoms with Gasteiger partial charge in [-0.1, -0.05) is 27.7 Å². The zero-order valence-corrected chi connectivity index (χ0v) is 15.3. The van der Waals surface area contributed by atoms with Crippen molar-refractivity contribution in [2.45, 2.75) is 70.7 Å². The highest BCUT2D eigenvalue weighted by Crippen LogP contribution is 2.45. The van der Waals surface area contributed by atoms with E-state index in [9.17, 15) is 5.11 Å². The number of hydrogen-bond acceptors (Lipinski definition) is 5. The highest BCUT2D eigenvalue weighted by atomic mass is 16.7. The van der Waals surface area contributed by atoms with Gasteiger partial charge in [-0.2, -0.15) is 10.2 Å². The fourth-order valence-corrected chi connectivity index (χ4v) is 3.28. The van der Waals surface area contributed by atoms with Gasteiger partial charge in [0.2, 0.25) is 0 Å².